The molecule has 8 nitrogen and oxygen atoms in total. The minimum atomic E-state index is -0.340. The van der Waals surface area contributed by atoms with Gasteiger partial charge < -0.3 is 16.0 Å². The average Bonchev–Trinajstić information content (AvgIpc) is 3.24. The highest BCUT2D eigenvalue weighted by molar-refractivity contribution is 6.14. The summed E-state index contributed by atoms with van der Waals surface area (Å²) in [7, 11) is 0. The van der Waals surface area contributed by atoms with Crippen molar-refractivity contribution >= 4 is 34.3 Å². The third kappa shape index (κ3) is 5.32. The summed E-state index contributed by atoms with van der Waals surface area (Å²) >= 11 is 0. The average molecular weight is 471 g/mol. The van der Waals surface area contributed by atoms with E-state index in [4.69, 9.17) is 4.98 Å². The van der Waals surface area contributed by atoms with Crippen molar-refractivity contribution in [3.63, 3.8) is 0 Å². The maximum atomic E-state index is 13.6. The molecule has 8 heteroatoms. The maximum absolute atomic E-state index is 13.6. The molecule has 0 aliphatic carbocycles. The molecule has 0 radical (unpaired) electrons. The normalized spacial score (nSPS) is 11.2. The number of carbonyl (C=O) groups excluding carboxylic acids is 2. The van der Waals surface area contributed by atoms with Crippen molar-refractivity contribution in [2.75, 3.05) is 10.6 Å². The molecule has 0 fully saturated rings. The molecule has 2 heterocycles. The molecule has 180 valence electrons. The number of nitrogens with one attached hydrogen (secondary N) is 3. The van der Waals surface area contributed by atoms with Crippen molar-refractivity contribution in [2.24, 2.45) is 0 Å². The fraction of sp³-hybridized carbons (Fsp3) is 0.259. The Bertz CT molecular complexity index is 1370. The molecule has 0 spiro atoms. The molecule has 3 N–H and O–H groups in total. The molecule has 35 heavy (non-hydrogen) atoms. The van der Waals surface area contributed by atoms with E-state index in [0.717, 1.165) is 11.1 Å². The molecule has 2 aromatic carbocycles. The van der Waals surface area contributed by atoms with Crippen LogP contribution < -0.4 is 16.0 Å². The van der Waals surface area contributed by atoms with Gasteiger partial charge in [-0.05, 0) is 52.8 Å². The summed E-state index contributed by atoms with van der Waals surface area (Å²) in [5, 5.41) is 13.7. The van der Waals surface area contributed by atoms with E-state index in [1.54, 1.807) is 36.5 Å². The first-order chi connectivity index (χ1) is 16.7. The van der Waals surface area contributed by atoms with E-state index in [0.29, 0.717) is 33.7 Å². The molecule has 0 saturated heterocycles. The number of carbonyl (C=O) groups is 2. The van der Waals surface area contributed by atoms with Gasteiger partial charge in [0.25, 0.3) is 5.91 Å². The Labute approximate surface area is 204 Å². The number of hydrogen-bond acceptors (Lipinski definition) is 4. The number of benzene rings is 2. The summed E-state index contributed by atoms with van der Waals surface area (Å²) in [6.07, 6.45) is 1.68. The molecule has 0 bridgehead atoms. The monoisotopic (exact) mass is 470 g/mol. The van der Waals surface area contributed by atoms with Gasteiger partial charge in [-0.1, -0.05) is 42.0 Å². The van der Waals surface area contributed by atoms with Crippen LogP contribution in [0.2, 0.25) is 0 Å². The minimum Gasteiger partial charge on any atom is -0.336 e. The lowest BCUT2D eigenvalue weighted by molar-refractivity contribution is 0.102. The second kappa shape index (κ2) is 9.97. The Morgan fingerprint density at radius 2 is 1.57 bits per heavy atom. The summed E-state index contributed by atoms with van der Waals surface area (Å²) < 4.78 is 1.82. The van der Waals surface area contributed by atoms with Gasteiger partial charge in [0.2, 0.25) is 0 Å². The van der Waals surface area contributed by atoms with Gasteiger partial charge in [-0.3, -0.25) is 4.79 Å². The Morgan fingerprint density at radius 3 is 2.20 bits per heavy atom. The fourth-order valence-corrected chi connectivity index (χ4v) is 3.77. The summed E-state index contributed by atoms with van der Waals surface area (Å²) in [5.41, 5.74) is 4.84. The van der Waals surface area contributed by atoms with Crippen molar-refractivity contribution in [1.29, 1.82) is 0 Å². The number of fused-ring (bicyclic) bond motifs is 1. The molecule has 4 aromatic rings. The molecule has 0 aliphatic rings. The van der Waals surface area contributed by atoms with Crippen molar-refractivity contribution in [3.05, 3.63) is 71.9 Å². The second-order valence-electron chi connectivity index (χ2n) is 9.09. The van der Waals surface area contributed by atoms with E-state index in [9.17, 15) is 9.59 Å². The smallest absolute Gasteiger partial charge is 0.319 e. The third-order valence-corrected chi connectivity index (χ3v) is 5.49. The standard InChI is InChI=1S/C27H30N6O2/c1-16(2)29-27(35)32-23-9-7-6-8-22(23)31-26(34)20-14-24(19-12-10-18(5)11-13-19)30-25-21(20)15-28-33(25)17(3)4/h6-17H,1-5H3,(H,31,34)(H2,29,32,35). The van der Waals surface area contributed by atoms with Gasteiger partial charge in [0.15, 0.2) is 5.65 Å². The predicted octanol–water partition coefficient (Wildman–Crippen LogP) is 5.77. The number of hydrogen-bond donors (Lipinski definition) is 3. The van der Waals surface area contributed by atoms with Crippen molar-refractivity contribution < 1.29 is 9.59 Å². The molecule has 0 aliphatic heterocycles. The first kappa shape index (κ1) is 23.9. The minimum absolute atomic E-state index is 0.0143. The largest absolute Gasteiger partial charge is 0.336 e. The zero-order chi connectivity index (χ0) is 25.1. The molecule has 2 aromatic heterocycles. The zero-order valence-electron chi connectivity index (χ0n) is 20.6. The van der Waals surface area contributed by atoms with Crippen LogP contribution in [0.4, 0.5) is 16.2 Å². The Morgan fingerprint density at radius 1 is 0.914 bits per heavy atom. The fourth-order valence-electron chi connectivity index (χ4n) is 3.77. The van der Waals surface area contributed by atoms with Gasteiger partial charge in [-0.2, -0.15) is 5.10 Å². The number of pyridine rings is 1. The van der Waals surface area contributed by atoms with Gasteiger partial charge in [0.1, 0.15) is 0 Å². The number of nitrogens with zero attached hydrogens (tertiary/aromatic N) is 3. The summed E-state index contributed by atoms with van der Waals surface area (Å²) in [4.78, 5) is 30.6. The lowest BCUT2D eigenvalue weighted by atomic mass is 10.0. The van der Waals surface area contributed by atoms with Crippen molar-refractivity contribution in [2.45, 2.75) is 46.7 Å². The van der Waals surface area contributed by atoms with Gasteiger partial charge in [0, 0.05) is 17.6 Å². The molecule has 4 rings (SSSR count). The summed E-state index contributed by atoms with van der Waals surface area (Å²) in [6.45, 7) is 9.84. The molecular weight excluding hydrogens is 440 g/mol. The van der Waals surface area contributed by atoms with Crippen molar-refractivity contribution in [1.82, 2.24) is 20.1 Å². The first-order valence-corrected chi connectivity index (χ1v) is 11.7. The Kier molecular flexibility index (Phi) is 6.82. The highest BCUT2D eigenvalue weighted by Gasteiger charge is 2.20. The van der Waals surface area contributed by atoms with Crippen LogP contribution in [0.5, 0.6) is 0 Å². The maximum Gasteiger partial charge on any atom is 0.319 e. The number of urea groups is 1. The highest BCUT2D eigenvalue weighted by atomic mass is 16.2. The van der Waals surface area contributed by atoms with Gasteiger partial charge >= 0.3 is 6.03 Å². The van der Waals surface area contributed by atoms with E-state index >= 15 is 0 Å². The van der Waals surface area contributed by atoms with Gasteiger partial charge in [-0.25, -0.2) is 14.5 Å². The van der Waals surface area contributed by atoms with Crippen LogP contribution in [0.25, 0.3) is 22.3 Å². The van der Waals surface area contributed by atoms with Gasteiger partial charge in [0.05, 0.1) is 34.2 Å². The van der Waals surface area contributed by atoms with Gasteiger partial charge in [-0.15, -0.1) is 0 Å². The SMILES string of the molecule is Cc1ccc(-c2cc(C(=O)Nc3ccccc3NC(=O)NC(C)C)c3cnn(C(C)C)c3n2)cc1. The lowest BCUT2D eigenvalue weighted by Crippen LogP contribution is -2.34. The van der Waals surface area contributed by atoms with E-state index < -0.39 is 0 Å². The van der Waals surface area contributed by atoms with Crippen LogP contribution in [0, 0.1) is 6.92 Å². The van der Waals surface area contributed by atoms with Crippen LogP contribution in [0.1, 0.15) is 49.7 Å². The Hall–Kier alpha value is -4.20. The zero-order valence-corrected chi connectivity index (χ0v) is 20.6. The van der Waals surface area contributed by atoms with E-state index in [1.165, 1.54) is 0 Å². The molecule has 3 amide bonds. The molecule has 0 unspecified atom stereocenters. The quantitative estimate of drug-likeness (QED) is 0.333. The van der Waals surface area contributed by atoms with Crippen LogP contribution in [-0.2, 0) is 0 Å². The van der Waals surface area contributed by atoms with E-state index in [-0.39, 0.29) is 24.0 Å². The second-order valence-corrected chi connectivity index (χ2v) is 9.09. The van der Waals surface area contributed by atoms with Crippen molar-refractivity contribution in [3.8, 4) is 11.3 Å². The van der Waals surface area contributed by atoms with Crippen LogP contribution >= 0.6 is 0 Å². The lowest BCUT2D eigenvalue weighted by Gasteiger charge is -2.15. The summed E-state index contributed by atoms with van der Waals surface area (Å²) in [6, 6.07) is 16.6. The third-order valence-electron chi connectivity index (χ3n) is 5.49. The molecule has 0 saturated carbocycles. The molecular formula is C27H30N6O2. The van der Waals surface area contributed by atoms with E-state index in [1.807, 2.05) is 63.6 Å². The number of amides is 3. The predicted molar refractivity (Wildman–Crippen MR) is 140 cm³/mol. The van der Waals surface area contributed by atoms with Crippen LogP contribution in [-0.4, -0.2) is 32.7 Å². The molecule has 0 atom stereocenters. The number of anilines is 2. The first-order valence-electron chi connectivity index (χ1n) is 11.7. The number of aryl methyl sites for hydroxylation is 1. The number of rotatable bonds is 6. The number of para-hydroxylation sites is 2. The van der Waals surface area contributed by atoms with Crippen LogP contribution in [0.15, 0.2) is 60.8 Å². The van der Waals surface area contributed by atoms with E-state index in [2.05, 4.69) is 21.0 Å². The topological polar surface area (TPSA) is 101 Å². The number of aromatic nitrogens is 3. The highest BCUT2D eigenvalue weighted by Crippen LogP contribution is 2.28. The summed E-state index contributed by atoms with van der Waals surface area (Å²) in [5.74, 6) is -0.312. The van der Waals surface area contributed by atoms with Crippen LogP contribution in [0.3, 0.4) is 0 Å². The Balaban J connectivity index is 1.74.